The van der Waals surface area contributed by atoms with Gasteiger partial charge in [0.25, 0.3) is 0 Å². The monoisotopic (exact) mass is 357 g/mol. The van der Waals surface area contributed by atoms with Crippen molar-refractivity contribution >= 4 is 34.0 Å². The maximum Gasteiger partial charge on any atom is 0.138 e. The van der Waals surface area contributed by atoms with Gasteiger partial charge in [0.2, 0.25) is 0 Å². The molecule has 1 heterocycles. The van der Waals surface area contributed by atoms with Crippen molar-refractivity contribution < 1.29 is 4.39 Å². The first-order valence-electron chi connectivity index (χ1n) is 5.49. The first-order chi connectivity index (χ1) is 8.58. The molecule has 0 saturated heterocycles. The van der Waals surface area contributed by atoms with Gasteiger partial charge in [-0.05, 0) is 47.2 Å². The van der Waals surface area contributed by atoms with E-state index in [1.54, 1.807) is 18.5 Å². The summed E-state index contributed by atoms with van der Waals surface area (Å²) in [6, 6.07) is 6.88. The molecule has 5 heteroatoms. The van der Waals surface area contributed by atoms with Crippen LogP contribution in [0.2, 0.25) is 0 Å². The molecule has 1 unspecified atom stereocenters. The number of aromatic nitrogens is 1. The molecule has 3 N–H and O–H groups in total. The number of anilines is 2. The van der Waals surface area contributed by atoms with Crippen LogP contribution in [0.1, 0.15) is 18.5 Å². The average molecular weight is 357 g/mol. The summed E-state index contributed by atoms with van der Waals surface area (Å²) in [5, 5.41) is 3.19. The van der Waals surface area contributed by atoms with Crippen LogP contribution in [0.3, 0.4) is 0 Å². The Kier molecular flexibility index (Phi) is 4.00. The lowest BCUT2D eigenvalue weighted by Crippen LogP contribution is -2.09. The van der Waals surface area contributed by atoms with Gasteiger partial charge in [0.1, 0.15) is 5.82 Å². The largest absolute Gasteiger partial charge is 0.397 e. The van der Waals surface area contributed by atoms with Gasteiger partial charge in [-0.1, -0.05) is 6.07 Å². The van der Waals surface area contributed by atoms with Crippen molar-refractivity contribution in [1.29, 1.82) is 0 Å². The molecule has 2 aromatic rings. The summed E-state index contributed by atoms with van der Waals surface area (Å²) in [6.07, 6.45) is 3.49. The van der Waals surface area contributed by atoms with E-state index in [0.29, 0.717) is 14.9 Å². The maximum absolute atomic E-state index is 13.5. The first kappa shape index (κ1) is 13.1. The van der Waals surface area contributed by atoms with E-state index in [1.807, 2.05) is 41.6 Å². The molecule has 0 bridgehead atoms. The number of rotatable bonds is 3. The molecule has 3 nitrogen and oxygen atoms in total. The number of hydrogen-bond donors (Lipinski definition) is 2. The van der Waals surface area contributed by atoms with Crippen molar-refractivity contribution in [3.8, 4) is 0 Å². The summed E-state index contributed by atoms with van der Waals surface area (Å²) in [6.45, 7) is 1.98. The van der Waals surface area contributed by atoms with Crippen molar-refractivity contribution in [3.05, 3.63) is 51.6 Å². The predicted molar refractivity (Wildman–Crippen MR) is 79.8 cm³/mol. The topological polar surface area (TPSA) is 50.9 Å². The molecular weight excluding hydrogens is 344 g/mol. The van der Waals surface area contributed by atoms with Crippen molar-refractivity contribution in [2.24, 2.45) is 0 Å². The van der Waals surface area contributed by atoms with Crippen LogP contribution in [0.4, 0.5) is 15.8 Å². The van der Waals surface area contributed by atoms with Gasteiger partial charge in [-0.2, -0.15) is 0 Å². The molecule has 0 aliphatic heterocycles. The van der Waals surface area contributed by atoms with Gasteiger partial charge in [0.15, 0.2) is 0 Å². The van der Waals surface area contributed by atoms with Crippen LogP contribution in [0, 0.1) is 9.39 Å². The van der Waals surface area contributed by atoms with E-state index in [0.717, 1.165) is 5.56 Å². The smallest absolute Gasteiger partial charge is 0.138 e. The van der Waals surface area contributed by atoms with Gasteiger partial charge in [-0.3, -0.25) is 4.98 Å². The summed E-state index contributed by atoms with van der Waals surface area (Å²) >= 11 is 1.92. The number of nitrogens with one attached hydrogen (secondary N) is 1. The second kappa shape index (κ2) is 5.51. The van der Waals surface area contributed by atoms with Gasteiger partial charge in [-0.15, -0.1) is 0 Å². The summed E-state index contributed by atoms with van der Waals surface area (Å²) in [5.41, 5.74) is 8.03. The number of hydrogen-bond acceptors (Lipinski definition) is 3. The van der Waals surface area contributed by atoms with Crippen LogP contribution in [0.5, 0.6) is 0 Å². The second-order valence-corrected chi connectivity index (χ2v) is 5.17. The summed E-state index contributed by atoms with van der Waals surface area (Å²) in [5.74, 6) is -0.273. The summed E-state index contributed by atoms with van der Waals surface area (Å²) < 4.78 is 14.0. The third-order valence-electron chi connectivity index (χ3n) is 2.65. The standard InChI is InChI=1S/C13H13FIN3/c1-8(9-3-2-4-17-7-9)18-13-5-10(14)11(15)6-12(13)16/h2-8,18H,16H2,1H3. The maximum atomic E-state index is 13.5. The molecule has 0 spiro atoms. The Balaban J connectivity index is 2.22. The lowest BCUT2D eigenvalue weighted by Gasteiger charge is -2.17. The number of pyridine rings is 1. The molecule has 1 aromatic heterocycles. The highest BCUT2D eigenvalue weighted by molar-refractivity contribution is 14.1. The molecule has 0 radical (unpaired) electrons. The molecule has 1 aromatic carbocycles. The molecule has 0 amide bonds. The highest BCUT2D eigenvalue weighted by Gasteiger charge is 2.10. The van der Waals surface area contributed by atoms with Crippen LogP contribution >= 0.6 is 22.6 Å². The second-order valence-electron chi connectivity index (χ2n) is 4.01. The van der Waals surface area contributed by atoms with E-state index in [9.17, 15) is 4.39 Å². The van der Waals surface area contributed by atoms with Crippen LogP contribution in [-0.2, 0) is 0 Å². The number of nitrogen functional groups attached to an aromatic ring is 1. The van der Waals surface area contributed by atoms with Gasteiger partial charge >= 0.3 is 0 Å². The fourth-order valence-corrected chi connectivity index (χ4v) is 2.13. The van der Waals surface area contributed by atoms with Crippen molar-refractivity contribution in [3.63, 3.8) is 0 Å². The molecule has 0 aliphatic carbocycles. The third-order valence-corrected chi connectivity index (χ3v) is 3.48. The van der Waals surface area contributed by atoms with E-state index in [-0.39, 0.29) is 11.9 Å². The van der Waals surface area contributed by atoms with Gasteiger partial charge < -0.3 is 11.1 Å². The number of halogens is 2. The number of nitrogens with zero attached hydrogens (tertiary/aromatic N) is 1. The zero-order valence-corrected chi connectivity index (χ0v) is 12.0. The van der Waals surface area contributed by atoms with Crippen LogP contribution in [0.15, 0.2) is 36.7 Å². The molecule has 18 heavy (non-hydrogen) atoms. The molecule has 0 aliphatic rings. The Morgan fingerprint density at radius 3 is 2.89 bits per heavy atom. The van der Waals surface area contributed by atoms with E-state index >= 15 is 0 Å². The van der Waals surface area contributed by atoms with E-state index in [4.69, 9.17) is 5.73 Å². The SMILES string of the molecule is CC(Nc1cc(F)c(I)cc1N)c1cccnc1. The fraction of sp³-hybridized carbons (Fsp3) is 0.154. The van der Waals surface area contributed by atoms with Gasteiger partial charge in [-0.25, -0.2) is 4.39 Å². The Labute approximate surface area is 119 Å². The fourth-order valence-electron chi connectivity index (χ4n) is 1.64. The van der Waals surface area contributed by atoms with Crippen molar-refractivity contribution in [1.82, 2.24) is 4.98 Å². The molecule has 2 rings (SSSR count). The highest BCUT2D eigenvalue weighted by atomic mass is 127. The van der Waals surface area contributed by atoms with Crippen LogP contribution in [0.25, 0.3) is 0 Å². The van der Waals surface area contributed by atoms with Gasteiger partial charge in [0.05, 0.1) is 21.0 Å². The highest BCUT2D eigenvalue weighted by Crippen LogP contribution is 2.27. The van der Waals surface area contributed by atoms with Crippen molar-refractivity contribution in [2.75, 3.05) is 11.1 Å². The van der Waals surface area contributed by atoms with Gasteiger partial charge in [0, 0.05) is 18.5 Å². The van der Waals surface area contributed by atoms with E-state index in [1.165, 1.54) is 6.07 Å². The third kappa shape index (κ3) is 2.90. The Hall–Kier alpha value is -1.37. The van der Waals surface area contributed by atoms with E-state index < -0.39 is 0 Å². The Bertz CT molecular complexity index is 545. The van der Waals surface area contributed by atoms with Crippen molar-refractivity contribution in [2.45, 2.75) is 13.0 Å². The summed E-state index contributed by atoms with van der Waals surface area (Å²) in [4.78, 5) is 4.05. The molecule has 0 saturated carbocycles. The van der Waals surface area contributed by atoms with Crippen LogP contribution in [-0.4, -0.2) is 4.98 Å². The van der Waals surface area contributed by atoms with E-state index in [2.05, 4.69) is 10.3 Å². The minimum absolute atomic E-state index is 0.0143. The normalized spacial score (nSPS) is 12.2. The van der Waals surface area contributed by atoms with Crippen LogP contribution < -0.4 is 11.1 Å². The lowest BCUT2D eigenvalue weighted by molar-refractivity contribution is 0.620. The minimum Gasteiger partial charge on any atom is -0.397 e. The predicted octanol–water partition coefficient (Wildman–Crippen LogP) is 3.58. The molecule has 0 fully saturated rings. The molecule has 1 atom stereocenters. The molecule has 94 valence electrons. The molecular formula is C13H13FIN3. The Morgan fingerprint density at radius 2 is 2.22 bits per heavy atom. The Morgan fingerprint density at radius 1 is 1.44 bits per heavy atom. The summed E-state index contributed by atoms with van der Waals surface area (Å²) in [7, 11) is 0. The zero-order chi connectivity index (χ0) is 13.1. The number of benzene rings is 1. The number of nitrogens with two attached hydrogens (primary N) is 1. The quantitative estimate of drug-likeness (QED) is 0.652. The zero-order valence-electron chi connectivity index (χ0n) is 9.82. The first-order valence-corrected chi connectivity index (χ1v) is 6.57. The average Bonchev–Trinajstić information content (AvgIpc) is 2.37. The minimum atomic E-state index is -0.273. The lowest BCUT2D eigenvalue weighted by atomic mass is 10.1.